The van der Waals surface area contributed by atoms with E-state index in [0.29, 0.717) is 12.1 Å². The molecule has 0 radical (unpaired) electrons. The van der Waals surface area contributed by atoms with Gasteiger partial charge in [-0.3, -0.25) is 0 Å². The summed E-state index contributed by atoms with van der Waals surface area (Å²) in [5.41, 5.74) is -1.05. The lowest BCUT2D eigenvalue weighted by Crippen LogP contribution is -2.45. The molecule has 1 N–H and O–H groups in total. The second kappa shape index (κ2) is 7.85. The first kappa shape index (κ1) is 23.7. The van der Waals surface area contributed by atoms with Gasteiger partial charge in [-0.15, -0.1) is 0 Å². The van der Waals surface area contributed by atoms with E-state index >= 15 is 4.39 Å². The molecule has 1 saturated carbocycles. The smallest absolute Gasteiger partial charge is 0.360 e. The number of sulfonamides is 1. The van der Waals surface area contributed by atoms with Crippen LogP contribution in [-0.2, 0) is 26.0 Å². The van der Waals surface area contributed by atoms with Gasteiger partial charge in [-0.2, -0.15) is 13.2 Å². The first-order valence-corrected chi connectivity index (χ1v) is 12.2. The topological polar surface area (TPSA) is 106 Å². The van der Waals surface area contributed by atoms with Gasteiger partial charge >= 0.3 is 6.18 Å². The summed E-state index contributed by atoms with van der Waals surface area (Å²) in [5.74, 6) is 0.0766. The fraction of sp³-hybridized carbons (Fsp3) is 0.500. The van der Waals surface area contributed by atoms with Crippen LogP contribution in [0.4, 0.5) is 17.6 Å². The number of nitrogens with one attached hydrogen (secondary N) is 1. The Balaban J connectivity index is 1.77. The monoisotopic (exact) mass is 484 g/mol. The zero-order valence-electron chi connectivity index (χ0n) is 16.5. The molecule has 0 spiro atoms. The van der Waals surface area contributed by atoms with Gasteiger partial charge in [0.1, 0.15) is 10.6 Å². The van der Waals surface area contributed by atoms with Gasteiger partial charge < -0.3 is 4.52 Å². The van der Waals surface area contributed by atoms with Crippen LogP contribution in [0.1, 0.15) is 42.7 Å². The number of aryl methyl sites for hydroxylation is 2. The van der Waals surface area contributed by atoms with E-state index in [9.17, 15) is 30.0 Å². The summed E-state index contributed by atoms with van der Waals surface area (Å²) in [7, 11) is -8.76. The van der Waals surface area contributed by atoms with Crippen LogP contribution in [0.2, 0.25) is 0 Å². The molecule has 0 saturated heterocycles. The number of nitrogens with zero attached hydrogens (tertiary/aromatic N) is 1. The molecule has 1 aromatic heterocycles. The number of sulfone groups is 1. The molecule has 2 aromatic rings. The van der Waals surface area contributed by atoms with Gasteiger partial charge in [0.15, 0.2) is 5.76 Å². The van der Waals surface area contributed by atoms with Crippen LogP contribution >= 0.6 is 0 Å². The summed E-state index contributed by atoms with van der Waals surface area (Å²) in [6, 6.07) is 2.17. The maximum atomic E-state index is 15.4. The predicted octanol–water partition coefficient (Wildman–Crippen LogP) is 3.67. The SMILES string of the molecule is Cc1noc(C)c1S(=O)(=O)N[C@H]1CC[C@@](F)(S(=O)(=O)c2cccc(C(F)(F)F)c2)CC1. The van der Waals surface area contributed by atoms with Gasteiger partial charge in [-0.05, 0) is 57.7 Å². The summed E-state index contributed by atoms with van der Waals surface area (Å²) < 4.78 is 112. The molecule has 3 rings (SSSR count). The number of benzene rings is 1. The second-order valence-electron chi connectivity index (χ2n) is 7.46. The second-order valence-corrected chi connectivity index (χ2v) is 11.3. The quantitative estimate of drug-likeness (QED) is 0.649. The molecule has 13 heteroatoms. The van der Waals surface area contributed by atoms with Gasteiger partial charge in [-0.1, -0.05) is 11.2 Å². The van der Waals surface area contributed by atoms with Crippen LogP contribution < -0.4 is 4.72 Å². The third-order valence-corrected chi connectivity index (χ3v) is 9.25. The summed E-state index contributed by atoms with van der Waals surface area (Å²) in [5, 5.41) is 0.772. The summed E-state index contributed by atoms with van der Waals surface area (Å²) in [6.07, 6.45) is -6.22. The Morgan fingerprint density at radius 2 is 1.74 bits per heavy atom. The minimum Gasteiger partial charge on any atom is -0.360 e. The third kappa shape index (κ3) is 4.48. The highest BCUT2D eigenvalue weighted by atomic mass is 32.2. The van der Waals surface area contributed by atoms with Gasteiger partial charge in [0.25, 0.3) is 0 Å². The van der Waals surface area contributed by atoms with Gasteiger partial charge in [0.2, 0.25) is 24.9 Å². The normalized spacial score (nSPS) is 23.1. The van der Waals surface area contributed by atoms with Crippen LogP contribution in [0.25, 0.3) is 0 Å². The maximum Gasteiger partial charge on any atom is 0.416 e. The van der Waals surface area contributed by atoms with E-state index in [1.54, 1.807) is 0 Å². The Bertz CT molecular complexity index is 1160. The Morgan fingerprint density at radius 3 is 2.26 bits per heavy atom. The van der Waals surface area contributed by atoms with Crippen LogP contribution in [0.3, 0.4) is 0 Å². The van der Waals surface area contributed by atoms with E-state index in [-0.39, 0.29) is 29.2 Å². The molecule has 31 heavy (non-hydrogen) atoms. The molecule has 0 aliphatic heterocycles. The van der Waals surface area contributed by atoms with E-state index in [1.807, 2.05) is 0 Å². The summed E-state index contributed by atoms with van der Waals surface area (Å²) >= 11 is 0. The zero-order valence-corrected chi connectivity index (χ0v) is 18.2. The number of hydrogen-bond donors (Lipinski definition) is 1. The van der Waals surface area contributed by atoms with Crippen molar-refractivity contribution >= 4 is 19.9 Å². The number of rotatable bonds is 5. The lowest BCUT2D eigenvalue weighted by molar-refractivity contribution is -0.137. The molecule has 1 aliphatic carbocycles. The van der Waals surface area contributed by atoms with Crippen molar-refractivity contribution in [2.24, 2.45) is 0 Å². The molecule has 0 amide bonds. The Morgan fingerprint density at radius 1 is 1.13 bits per heavy atom. The predicted molar refractivity (Wildman–Crippen MR) is 101 cm³/mol. The lowest BCUT2D eigenvalue weighted by Gasteiger charge is -2.33. The lowest BCUT2D eigenvalue weighted by atomic mass is 9.94. The van der Waals surface area contributed by atoms with Crippen molar-refractivity contribution in [3.8, 4) is 0 Å². The summed E-state index contributed by atoms with van der Waals surface area (Å²) in [4.78, 5) is -0.902. The highest BCUT2D eigenvalue weighted by molar-refractivity contribution is 7.92. The number of hydrogen-bond acceptors (Lipinski definition) is 6. The van der Waals surface area contributed by atoms with Crippen LogP contribution in [-0.4, -0.2) is 33.0 Å². The maximum absolute atomic E-state index is 15.4. The molecule has 7 nitrogen and oxygen atoms in total. The highest BCUT2D eigenvalue weighted by Crippen LogP contribution is 2.41. The van der Waals surface area contributed by atoms with Gasteiger partial charge in [0.05, 0.1) is 10.5 Å². The molecule has 0 unspecified atom stereocenters. The van der Waals surface area contributed by atoms with E-state index in [2.05, 4.69) is 9.88 Å². The van der Waals surface area contributed by atoms with E-state index in [1.165, 1.54) is 13.8 Å². The van der Waals surface area contributed by atoms with Crippen molar-refractivity contribution < 1.29 is 38.9 Å². The number of alkyl halides is 4. The Labute approximate surface area is 176 Å². The fourth-order valence-electron chi connectivity index (χ4n) is 3.62. The summed E-state index contributed by atoms with van der Waals surface area (Å²) in [6.45, 7) is 2.86. The van der Waals surface area contributed by atoms with Crippen molar-refractivity contribution in [1.82, 2.24) is 9.88 Å². The molecule has 1 aliphatic rings. The average molecular weight is 484 g/mol. The van der Waals surface area contributed by atoms with Gasteiger partial charge in [-0.25, -0.2) is 25.9 Å². The third-order valence-electron chi connectivity index (χ3n) is 5.24. The molecule has 0 atom stereocenters. The van der Waals surface area contributed by atoms with Crippen molar-refractivity contribution in [1.29, 1.82) is 0 Å². The van der Waals surface area contributed by atoms with E-state index < -0.39 is 60.4 Å². The fourth-order valence-corrected chi connectivity index (χ4v) is 6.99. The Kier molecular flexibility index (Phi) is 6.00. The van der Waals surface area contributed by atoms with Crippen molar-refractivity contribution in [2.45, 2.75) is 66.5 Å². The van der Waals surface area contributed by atoms with Crippen LogP contribution in [0.15, 0.2) is 38.6 Å². The highest BCUT2D eigenvalue weighted by Gasteiger charge is 2.48. The minimum absolute atomic E-state index is 0.0766. The van der Waals surface area contributed by atoms with Crippen LogP contribution in [0, 0.1) is 13.8 Å². The van der Waals surface area contributed by atoms with Crippen LogP contribution in [0.5, 0.6) is 0 Å². The molecule has 1 fully saturated rings. The minimum atomic E-state index is -4.77. The first-order valence-electron chi connectivity index (χ1n) is 9.23. The van der Waals surface area contributed by atoms with E-state index in [4.69, 9.17) is 4.52 Å². The number of halogens is 4. The van der Waals surface area contributed by atoms with Crippen molar-refractivity contribution in [3.05, 3.63) is 41.3 Å². The molecular weight excluding hydrogens is 464 g/mol. The van der Waals surface area contributed by atoms with Crippen molar-refractivity contribution in [3.63, 3.8) is 0 Å². The van der Waals surface area contributed by atoms with E-state index in [0.717, 1.165) is 12.1 Å². The Hall–Kier alpha value is -1.99. The van der Waals surface area contributed by atoms with Gasteiger partial charge in [0, 0.05) is 6.04 Å². The molecule has 172 valence electrons. The number of aromatic nitrogens is 1. The van der Waals surface area contributed by atoms with Crippen molar-refractivity contribution in [2.75, 3.05) is 0 Å². The zero-order chi connectivity index (χ0) is 23.2. The largest absolute Gasteiger partial charge is 0.416 e. The average Bonchev–Trinajstić information content (AvgIpc) is 3.02. The molecule has 0 bridgehead atoms. The standard InChI is InChI=1S/C18H20F4N2O5S2/c1-11-16(12(2)29-23-11)31(27,28)24-14-6-8-17(19,9-7-14)30(25,26)15-5-3-4-13(10-15)18(20,21)22/h3-5,10,14,24H,6-9H2,1-2H3/t14-,17+. The first-order chi connectivity index (χ1) is 14.2. The molecular formula is C18H20F4N2O5S2. The molecule has 1 aromatic carbocycles. The molecule has 1 heterocycles.